The predicted octanol–water partition coefficient (Wildman–Crippen LogP) is 2.60. The minimum atomic E-state index is -0.311. The van der Waals surface area contributed by atoms with E-state index in [0.29, 0.717) is 18.1 Å². The van der Waals surface area contributed by atoms with Crippen LogP contribution in [0, 0.1) is 0 Å². The Morgan fingerprint density at radius 2 is 2.08 bits per heavy atom. The van der Waals surface area contributed by atoms with Crippen molar-refractivity contribution in [3.63, 3.8) is 0 Å². The third-order valence-electron chi connectivity index (χ3n) is 3.38. The van der Waals surface area contributed by atoms with Gasteiger partial charge in [-0.3, -0.25) is 0 Å². The Balaban J connectivity index is 1.57. The van der Waals surface area contributed by atoms with E-state index < -0.39 is 0 Å². The molecule has 2 heterocycles. The largest absolute Gasteiger partial charge is 0.496 e. The molecule has 24 heavy (non-hydrogen) atoms. The molecule has 0 aliphatic carbocycles. The number of hydrogen-bond donors (Lipinski definition) is 2. The van der Waals surface area contributed by atoms with Gasteiger partial charge < -0.3 is 15.4 Å². The van der Waals surface area contributed by atoms with E-state index in [1.165, 1.54) is 0 Å². The lowest BCUT2D eigenvalue weighted by Crippen LogP contribution is -2.28. The van der Waals surface area contributed by atoms with E-state index >= 15 is 0 Å². The van der Waals surface area contributed by atoms with Gasteiger partial charge in [0.15, 0.2) is 5.82 Å². The smallest absolute Gasteiger partial charge is 0.319 e. The number of carbonyl (C=O) groups is 1. The molecule has 2 amide bonds. The number of benzene rings is 1. The molecule has 0 atom stereocenters. The highest BCUT2D eigenvalue weighted by Gasteiger charge is 2.06. The van der Waals surface area contributed by atoms with Crippen LogP contribution in [0.3, 0.4) is 0 Å². The maximum Gasteiger partial charge on any atom is 0.319 e. The van der Waals surface area contributed by atoms with Crippen molar-refractivity contribution in [1.29, 1.82) is 0 Å². The van der Waals surface area contributed by atoms with Crippen molar-refractivity contribution in [2.45, 2.75) is 6.54 Å². The lowest BCUT2D eigenvalue weighted by molar-refractivity contribution is 0.251. The van der Waals surface area contributed by atoms with Crippen molar-refractivity contribution < 1.29 is 9.53 Å². The van der Waals surface area contributed by atoms with Gasteiger partial charge in [-0.1, -0.05) is 18.2 Å². The molecule has 2 N–H and O–H groups in total. The van der Waals surface area contributed by atoms with Gasteiger partial charge in [-0.05, 0) is 24.3 Å². The van der Waals surface area contributed by atoms with Gasteiger partial charge in [0, 0.05) is 24.5 Å². The maximum absolute atomic E-state index is 12.0. The second-order valence-electron chi connectivity index (χ2n) is 4.98. The molecule has 7 nitrogen and oxygen atoms in total. The number of ether oxygens (including phenoxy) is 1. The molecule has 122 valence electrons. The first-order valence-electron chi connectivity index (χ1n) is 7.39. The summed E-state index contributed by atoms with van der Waals surface area (Å²) in [5.41, 5.74) is 1.51. The molecular weight excluding hydrogens is 306 g/mol. The Bertz CT molecular complexity index is 800. The van der Waals surface area contributed by atoms with Crippen LogP contribution in [0.15, 0.2) is 61.1 Å². The molecule has 0 aliphatic heterocycles. The number of hydrogen-bond acceptors (Lipinski definition) is 4. The highest BCUT2D eigenvalue weighted by atomic mass is 16.5. The van der Waals surface area contributed by atoms with E-state index in [1.54, 1.807) is 42.5 Å². The first-order valence-corrected chi connectivity index (χ1v) is 7.39. The average Bonchev–Trinajstić information content (AvgIpc) is 3.15. The second kappa shape index (κ2) is 7.28. The van der Waals surface area contributed by atoms with Gasteiger partial charge in [0.25, 0.3) is 0 Å². The van der Waals surface area contributed by atoms with Crippen LogP contribution in [0.1, 0.15) is 5.56 Å². The Kier molecular flexibility index (Phi) is 4.71. The summed E-state index contributed by atoms with van der Waals surface area (Å²) < 4.78 is 6.90. The van der Waals surface area contributed by atoms with E-state index in [1.807, 2.05) is 30.3 Å². The van der Waals surface area contributed by atoms with Gasteiger partial charge in [0.2, 0.25) is 0 Å². The zero-order chi connectivity index (χ0) is 16.8. The molecule has 3 aromatic rings. The standard InChI is InChI=1S/C17H17N5O2/c1-24-15-6-3-2-5-13(15)11-19-17(23)21-14-7-8-16(18-12-14)22-10-4-9-20-22/h2-10,12H,11H2,1H3,(H2,19,21,23). The maximum atomic E-state index is 12.0. The summed E-state index contributed by atoms with van der Waals surface area (Å²) >= 11 is 0. The van der Waals surface area contributed by atoms with Crippen LogP contribution in [-0.2, 0) is 6.54 Å². The molecule has 7 heteroatoms. The van der Waals surface area contributed by atoms with Gasteiger partial charge in [-0.25, -0.2) is 14.5 Å². The quantitative estimate of drug-likeness (QED) is 0.756. The molecule has 0 bridgehead atoms. The topological polar surface area (TPSA) is 81.1 Å². The number of urea groups is 1. The normalized spacial score (nSPS) is 10.2. The number of para-hydroxylation sites is 1. The highest BCUT2D eigenvalue weighted by molar-refractivity contribution is 5.89. The van der Waals surface area contributed by atoms with Crippen LogP contribution >= 0.6 is 0 Å². The first-order chi connectivity index (χ1) is 11.8. The monoisotopic (exact) mass is 323 g/mol. The van der Waals surface area contributed by atoms with E-state index in [2.05, 4.69) is 20.7 Å². The van der Waals surface area contributed by atoms with Crippen molar-refractivity contribution in [2.24, 2.45) is 0 Å². The molecule has 3 rings (SSSR count). The summed E-state index contributed by atoms with van der Waals surface area (Å²) in [6, 6.07) is 12.6. The van der Waals surface area contributed by atoms with Gasteiger partial charge in [-0.2, -0.15) is 5.10 Å². The average molecular weight is 323 g/mol. The number of carbonyl (C=O) groups excluding carboxylic acids is 1. The lowest BCUT2D eigenvalue weighted by atomic mass is 10.2. The molecule has 0 radical (unpaired) electrons. The van der Waals surface area contributed by atoms with Crippen molar-refractivity contribution in [3.8, 4) is 11.6 Å². The molecule has 0 fully saturated rings. The number of amides is 2. The number of rotatable bonds is 5. The summed E-state index contributed by atoms with van der Waals surface area (Å²) in [5.74, 6) is 1.42. The third-order valence-corrected chi connectivity index (χ3v) is 3.38. The molecule has 0 unspecified atom stereocenters. The van der Waals surface area contributed by atoms with Gasteiger partial charge in [0.1, 0.15) is 5.75 Å². The molecule has 2 aromatic heterocycles. The second-order valence-corrected chi connectivity index (χ2v) is 4.98. The van der Waals surface area contributed by atoms with Gasteiger partial charge in [0.05, 0.1) is 19.0 Å². The zero-order valence-electron chi connectivity index (χ0n) is 13.1. The zero-order valence-corrected chi connectivity index (χ0v) is 13.1. The van der Waals surface area contributed by atoms with Crippen LogP contribution in [0.25, 0.3) is 5.82 Å². The van der Waals surface area contributed by atoms with Gasteiger partial charge in [-0.15, -0.1) is 0 Å². The molecule has 0 saturated heterocycles. The lowest BCUT2D eigenvalue weighted by Gasteiger charge is -2.10. The first kappa shape index (κ1) is 15.5. The number of methoxy groups -OCH3 is 1. The molecule has 0 spiro atoms. The SMILES string of the molecule is COc1ccccc1CNC(=O)Nc1ccc(-n2cccn2)nc1. The highest BCUT2D eigenvalue weighted by Crippen LogP contribution is 2.16. The van der Waals surface area contributed by atoms with E-state index in [0.717, 1.165) is 11.3 Å². The van der Waals surface area contributed by atoms with Gasteiger partial charge >= 0.3 is 6.03 Å². The van der Waals surface area contributed by atoms with Crippen molar-refractivity contribution in [2.75, 3.05) is 12.4 Å². The van der Waals surface area contributed by atoms with E-state index in [-0.39, 0.29) is 6.03 Å². The minimum Gasteiger partial charge on any atom is -0.496 e. The molecule has 0 saturated carbocycles. The number of pyridine rings is 1. The summed E-state index contributed by atoms with van der Waals surface area (Å²) in [6.07, 6.45) is 5.06. The van der Waals surface area contributed by atoms with E-state index in [4.69, 9.17) is 4.74 Å². The molecule has 0 aliphatic rings. The van der Waals surface area contributed by atoms with Crippen LogP contribution < -0.4 is 15.4 Å². The van der Waals surface area contributed by atoms with Crippen molar-refractivity contribution in [3.05, 3.63) is 66.6 Å². The number of nitrogens with one attached hydrogen (secondary N) is 2. The van der Waals surface area contributed by atoms with Crippen molar-refractivity contribution >= 4 is 11.7 Å². The third kappa shape index (κ3) is 3.70. The summed E-state index contributed by atoms with van der Waals surface area (Å²) in [6.45, 7) is 0.370. The Morgan fingerprint density at radius 1 is 1.21 bits per heavy atom. The Hall–Kier alpha value is -3.35. The van der Waals surface area contributed by atoms with E-state index in [9.17, 15) is 4.79 Å². The Morgan fingerprint density at radius 3 is 2.79 bits per heavy atom. The van der Waals surface area contributed by atoms with Crippen LogP contribution in [0.4, 0.5) is 10.5 Å². The fraction of sp³-hybridized carbons (Fsp3) is 0.118. The number of anilines is 1. The minimum absolute atomic E-state index is 0.311. The van der Waals surface area contributed by atoms with Crippen LogP contribution in [0.2, 0.25) is 0 Å². The number of aromatic nitrogens is 3. The fourth-order valence-electron chi connectivity index (χ4n) is 2.20. The molecule has 1 aromatic carbocycles. The summed E-state index contributed by atoms with van der Waals surface area (Å²) in [7, 11) is 1.60. The summed E-state index contributed by atoms with van der Waals surface area (Å²) in [4.78, 5) is 16.2. The fourth-order valence-corrected chi connectivity index (χ4v) is 2.20. The van der Waals surface area contributed by atoms with Crippen LogP contribution in [0.5, 0.6) is 5.75 Å². The Labute approximate surface area is 139 Å². The van der Waals surface area contributed by atoms with Crippen LogP contribution in [-0.4, -0.2) is 27.9 Å². The predicted molar refractivity (Wildman–Crippen MR) is 90.2 cm³/mol. The number of nitrogens with zero attached hydrogens (tertiary/aromatic N) is 3. The van der Waals surface area contributed by atoms with Crippen molar-refractivity contribution in [1.82, 2.24) is 20.1 Å². The molecular formula is C17H17N5O2. The summed E-state index contributed by atoms with van der Waals surface area (Å²) in [5, 5.41) is 9.63.